The predicted molar refractivity (Wildman–Crippen MR) is 101 cm³/mol. The number of aromatic nitrogens is 1. The number of fused-ring (bicyclic) bond motifs is 2. The maximum Gasteiger partial charge on any atom is 0.256 e. The number of amides is 1. The normalized spacial score (nSPS) is 13.1. The van der Waals surface area contributed by atoms with Crippen LogP contribution in [-0.4, -0.2) is 10.9 Å². The van der Waals surface area contributed by atoms with E-state index in [1.807, 2.05) is 42.5 Å². The fraction of sp³-hybridized carbons (Fsp3) is 0.158. The molecule has 3 aromatic rings. The summed E-state index contributed by atoms with van der Waals surface area (Å²) in [5, 5.41) is 4.42. The molecular weight excluding hydrogens is 388 g/mol. The van der Waals surface area contributed by atoms with Crippen LogP contribution in [0.1, 0.15) is 28.0 Å². The minimum Gasteiger partial charge on any atom is -0.322 e. The lowest BCUT2D eigenvalue weighted by molar-refractivity contribution is 0.102. The molecule has 1 N–H and O–H groups in total. The second-order valence-corrected chi connectivity index (χ2v) is 7.24. The van der Waals surface area contributed by atoms with Crippen LogP contribution in [-0.2, 0) is 12.8 Å². The third kappa shape index (κ3) is 2.80. The van der Waals surface area contributed by atoms with Gasteiger partial charge in [-0.2, -0.15) is 0 Å². The van der Waals surface area contributed by atoms with Crippen molar-refractivity contribution in [2.24, 2.45) is 0 Å². The van der Waals surface area contributed by atoms with Gasteiger partial charge in [0.1, 0.15) is 0 Å². The summed E-state index contributed by atoms with van der Waals surface area (Å²) in [4.78, 5) is 17.7. The van der Waals surface area contributed by atoms with Crippen LogP contribution in [0.2, 0.25) is 5.02 Å². The molecule has 1 heterocycles. The summed E-state index contributed by atoms with van der Waals surface area (Å²) >= 11 is 9.56. The van der Waals surface area contributed by atoms with Gasteiger partial charge in [-0.15, -0.1) is 0 Å². The number of nitrogens with zero attached hydrogens (tertiary/aromatic N) is 1. The van der Waals surface area contributed by atoms with Gasteiger partial charge >= 0.3 is 0 Å². The Kier molecular flexibility index (Phi) is 4.02. The third-order valence-corrected chi connectivity index (χ3v) is 5.07. The Labute approximate surface area is 153 Å². The zero-order valence-corrected chi connectivity index (χ0v) is 15.1. The molecule has 24 heavy (non-hydrogen) atoms. The summed E-state index contributed by atoms with van der Waals surface area (Å²) in [6, 6.07) is 13.1. The molecule has 0 saturated heterocycles. The summed E-state index contributed by atoms with van der Waals surface area (Å²) in [5.74, 6) is -0.106. The first kappa shape index (κ1) is 15.6. The fourth-order valence-electron chi connectivity index (χ4n) is 3.22. The number of carbonyl (C=O) groups excluding carboxylic acids is 1. The molecule has 0 saturated carbocycles. The van der Waals surface area contributed by atoms with Crippen molar-refractivity contribution in [3.63, 3.8) is 0 Å². The average molecular weight is 402 g/mol. The Balaban J connectivity index is 1.83. The van der Waals surface area contributed by atoms with Crippen LogP contribution < -0.4 is 5.32 Å². The van der Waals surface area contributed by atoms with Crippen molar-refractivity contribution in [2.75, 3.05) is 5.32 Å². The summed E-state index contributed by atoms with van der Waals surface area (Å²) in [7, 11) is 0. The van der Waals surface area contributed by atoms with E-state index in [-0.39, 0.29) is 5.91 Å². The van der Waals surface area contributed by atoms with E-state index in [0.717, 1.165) is 51.6 Å². The van der Waals surface area contributed by atoms with E-state index >= 15 is 0 Å². The average Bonchev–Trinajstić information content (AvgIpc) is 3.02. The number of anilines is 1. The van der Waals surface area contributed by atoms with E-state index < -0.39 is 0 Å². The zero-order valence-electron chi connectivity index (χ0n) is 12.8. The molecule has 1 amide bonds. The highest BCUT2D eigenvalue weighted by molar-refractivity contribution is 9.10. The van der Waals surface area contributed by atoms with Crippen molar-refractivity contribution >= 4 is 50.0 Å². The minimum atomic E-state index is -0.106. The molecule has 3 nitrogen and oxygen atoms in total. The van der Waals surface area contributed by atoms with Crippen LogP contribution in [0.3, 0.4) is 0 Å². The predicted octanol–water partition coefficient (Wildman–Crippen LogP) is 5.39. The number of benzene rings is 2. The molecule has 1 aliphatic rings. The van der Waals surface area contributed by atoms with E-state index in [4.69, 9.17) is 16.6 Å². The number of halogens is 2. The summed E-state index contributed by atoms with van der Waals surface area (Å²) in [6.07, 6.45) is 2.84. The smallest absolute Gasteiger partial charge is 0.256 e. The molecule has 2 aromatic carbocycles. The number of rotatable bonds is 2. The van der Waals surface area contributed by atoms with Crippen LogP contribution >= 0.6 is 27.5 Å². The maximum atomic E-state index is 13.0. The van der Waals surface area contributed by atoms with Crippen LogP contribution in [0.15, 0.2) is 46.9 Å². The molecule has 0 unspecified atom stereocenters. The van der Waals surface area contributed by atoms with Crippen molar-refractivity contribution in [1.82, 2.24) is 4.98 Å². The van der Waals surface area contributed by atoms with Gasteiger partial charge in [-0.3, -0.25) is 9.78 Å². The van der Waals surface area contributed by atoms with Crippen LogP contribution in [0.25, 0.3) is 10.9 Å². The number of pyridine rings is 1. The van der Waals surface area contributed by atoms with Gasteiger partial charge in [0.05, 0.1) is 11.1 Å². The Morgan fingerprint density at radius 2 is 1.92 bits per heavy atom. The van der Waals surface area contributed by atoms with E-state index in [1.54, 1.807) is 0 Å². The quantitative estimate of drug-likeness (QED) is 0.625. The second kappa shape index (κ2) is 6.19. The molecule has 1 aromatic heterocycles. The highest BCUT2D eigenvalue weighted by Gasteiger charge is 2.24. The Morgan fingerprint density at radius 3 is 2.71 bits per heavy atom. The van der Waals surface area contributed by atoms with Crippen LogP contribution in [0, 0.1) is 0 Å². The number of aryl methyl sites for hydroxylation is 1. The molecule has 0 radical (unpaired) electrons. The van der Waals surface area contributed by atoms with E-state index in [1.165, 1.54) is 0 Å². The monoisotopic (exact) mass is 400 g/mol. The topological polar surface area (TPSA) is 42.0 Å². The first-order chi connectivity index (χ1) is 11.6. The first-order valence-electron chi connectivity index (χ1n) is 7.80. The molecule has 0 atom stereocenters. The third-order valence-electron chi connectivity index (χ3n) is 4.30. The Bertz CT molecular complexity index is 954. The number of nitrogens with one attached hydrogen (secondary N) is 1. The standard InChI is InChI=1S/C19H14BrClN2O/c20-11-4-7-13(8-5-11)22-19(24)18-14-2-1-3-16(14)23-17-9-6-12(21)10-15(17)18/h4-10H,1-3H2,(H,22,24). The van der Waals surface area contributed by atoms with Crippen LogP contribution in [0.5, 0.6) is 0 Å². The highest BCUT2D eigenvalue weighted by Crippen LogP contribution is 2.32. The zero-order chi connectivity index (χ0) is 16.7. The van der Waals surface area contributed by atoms with Gasteiger partial charge in [-0.1, -0.05) is 27.5 Å². The molecule has 0 spiro atoms. The van der Waals surface area contributed by atoms with Gasteiger partial charge in [-0.05, 0) is 67.3 Å². The Hall–Kier alpha value is -1.91. The minimum absolute atomic E-state index is 0.106. The molecule has 0 aliphatic heterocycles. The molecule has 0 bridgehead atoms. The fourth-order valence-corrected chi connectivity index (χ4v) is 3.66. The van der Waals surface area contributed by atoms with Gasteiger partial charge < -0.3 is 5.32 Å². The lowest BCUT2D eigenvalue weighted by Gasteiger charge is -2.13. The van der Waals surface area contributed by atoms with Crippen molar-refractivity contribution in [3.8, 4) is 0 Å². The van der Waals surface area contributed by atoms with Gasteiger partial charge in [0.2, 0.25) is 0 Å². The maximum absolute atomic E-state index is 13.0. The van der Waals surface area contributed by atoms with Crippen molar-refractivity contribution in [3.05, 3.63) is 68.8 Å². The van der Waals surface area contributed by atoms with E-state index in [0.29, 0.717) is 10.6 Å². The number of carbonyl (C=O) groups is 1. The number of hydrogen-bond donors (Lipinski definition) is 1. The van der Waals surface area contributed by atoms with Crippen molar-refractivity contribution in [1.29, 1.82) is 0 Å². The van der Waals surface area contributed by atoms with Gasteiger partial charge in [-0.25, -0.2) is 0 Å². The lowest BCUT2D eigenvalue weighted by atomic mass is 10.0. The van der Waals surface area contributed by atoms with E-state index in [9.17, 15) is 4.79 Å². The highest BCUT2D eigenvalue weighted by atomic mass is 79.9. The number of hydrogen-bond acceptors (Lipinski definition) is 2. The Morgan fingerprint density at radius 1 is 1.12 bits per heavy atom. The van der Waals surface area contributed by atoms with Crippen LogP contribution in [0.4, 0.5) is 5.69 Å². The molecule has 4 rings (SSSR count). The van der Waals surface area contributed by atoms with E-state index in [2.05, 4.69) is 21.2 Å². The summed E-state index contributed by atoms with van der Waals surface area (Å²) in [5.41, 5.74) is 4.38. The summed E-state index contributed by atoms with van der Waals surface area (Å²) < 4.78 is 0.975. The lowest BCUT2D eigenvalue weighted by Crippen LogP contribution is -2.15. The molecule has 1 aliphatic carbocycles. The van der Waals surface area contributed by atoms with Crippen molar-refractivity contribution < 1.29 is 4.79 Å². The largest absolute Gasteiger partial charge is 0.322 e. The van der Waals surface area contributed by atoms with Crippen molar-refractivity contribution in [2.45, 2.75) is 19.3 Å². The second-order valence-electron chi connectivity index (χ2n) is 5.89. The van der Waals surface area contributed by atoms with Gasteiger partial charge in [0.15, 0.2) is 0 Å². The van der Waals surface area contributed by atoms with Gasteiger partial charge in [0, 0.05) is 26.3 Å². The molecular formula is C19H14BrClN2O. The molecule has 120 valence electrons. The SMILES string of the molecule is O=C(Nc1ccc(Br)cc1)c1c2c(nc3ccc(Cl)cc13)CCC2. The molecule has 5 heteroatoms. The molecule has 0 fully saturated rings. The van der Waals surface area contributed by atoms with Gasteiger partial charge in [0.25, 0.3) is 5.91 Å². The summed E-state index contributed by atoms with van der Waals surface area (Å²) in [6.45, 7) is 0. The first-order valence-corrected chi connectivity index (χ1v) is 8.97.